The normalized spacial score (nSPS) is 22.7. The zero-order chi connectivity index (χ0) is 14.0. The molecule has 1 fully saturated rings. The van der Waals surface area contributed by atoms with Crippen LogP contribution in [0.5, 0.6) is 0 Å². The number of nitrogens with one attached hydrogen (secondary N) is 2. The Bertz CT molecular complexity index is 541. The lowest BCUT2D eigenvalue weighted by atomic mass is 10.3. The molecule has 1 aromatic heterocycles. The molecule has 1 heterocycles. The number of sulfonamides is 1. The molecule has 1 aromatic rings. The molecule has 0 spiro atoms. The molecule has 0 amide bonds. The largest absolute Gasteiger partial charge is 0.452 e. The molecule has 1 aliphatic rings. The molecule has 1 aliphatic carbocycles. The van der Waals surface area contributed by atoms with Crippen LogP contribution in [-0.4, -0.2) is 21.0 Å². The van der Waals surface area contributed by atoms with Crippen molar-refractivity contribution in [1.82, 2.24) is 10.0 Å². The Balaban J connectivity index is 2.09. The van der Waals surface area contributed by atoms with Crippen LogP contribution in [0, 0.1) is 5.92 Å². The second-order valence-electron chi connectivity index (χ2n) is 4.76. The average Bonchev–Trinajstić information content (AvgIpc) is 2.97. The number of furan rings is 1. The van der Waals surface area contributed by atoms with Gasteiger partial charge in [-0.3, -0.25) is 0 Å². The summed E-state index contributed by atoms with van der Waals surface area (Å²) in [6.45, 7) is 5.38. The van der Waals surface area contributed by atoms with Gasteiger partial charge in [-0.05, 0) is 34.8 Å². The van der Waals surface area contributed by atoms with E-state index in [1.165, 1.54) is 0 Å². The first-order chi connectivity index (χ1) is 8.97. The Labute approximate surface area is 122 Å². The predicted molar refractivity (Wildman–Crippen MR) is 76.3 cm³/mol. The van der Waals surface area contributed by atoms with Gasteiger partial charge in [-0.25, -0.2) is 13.1 Å². The van der Waals surface area contributed by atoms with Crippen molar-refractivity contribution >= 4 is 26.0 Å². The van der Waals surface area contributed by atoms with Gasteiger partial charge in [0.2, 0.25) is 10.0 Å². The Morgan fingerprint density at radius 1 is 1.47 bits per heavy atom. The standard InChI is InChI=1S/C12H19BrN2O3S/c1-3-8-5-10(8)15-19(16,17)11-6-9(7-14-4-2)18-12(11)13/h6,8,10,14-15H,3-5,7H2,1-2H3. The van der Waals surface area contributed by atoms with E-state index in [-0.39, 0.29) is 15.6 Å². The van der Waals surface area contributed by atoms with Crippen LogP contribution in [-0.2, 0) is 16.6 Å². The van der Waals surface area contributed by atoms with Gasteiger partial charge in [0.1, 0.15) is 10.7 Å². The summed E-state index contributed by atoms with van der Waals surface area (Å²) in [5.41, 5.74) is 0. The molecule has 108 valence electrons. The van der Waals surface area contributed by atoms with E-state index < -0.39 is 10.0 Å². The summed E-state index contributed by atoms with van der Waals surface area (Å²) in [5, 5.41) is 3.10. The summed E-state index contributed by atoms with van der Waals surface area (Å²) in [6.07, 6.45) is 1.93. The van der Waals surface area contributed by atoms with Crippen LogP contribution in [0.3, 0.4) is 0 Å². The fourth-order valence-electron chi connectivity index (χ4n) is 2.02. The predicted octanol–water partition coefficient (Wildman–Crippen LogP) is 2.23. The summed E-state index contributed by atoms with van der Waals surface area (Å²) in [4.78, 5) is 0.183. The van der Waals surface area contributed by atoms with E-state index in [1.54, 1.807) is 6.07 Å². The minimum atomic E-state index is -3.49. The van der Waals surface area contributed by atoms with Crippen molar-refractivity contribution in [1.29, 1.82) is 0 Å². The monoisotopic (exact) mass is 350 g/mol. The average molecular weight is 351 g/mol. The molecule has 7 heteroatoms. The lowest BCUT2D eigenvalue weighted by Gasteiger charge is -2.03. The zero-order valence-electron chi connectivity index (χ0n) is 11.1. The van der Waals surface area contributed by atoms with Crippen molar-refractivity contribution in [3.05, 3.63) is 16.5 Å². The van der Waals surface area contributed by atoms with Gasteiger partial charge in [-0.15, -0.1) is 0 Å². The second-order valence-corrected chi connectivity index (χ2v) is 7.17. The van der Waals surface area contributed by atoms with Gasteiger partial charge < -0.3 is 9.73 Å². The molecule has 1 saturated carbocycles. The molecule has 0 saturated heterocycles. The van der Waals surface area contributed by atoms with Gasteiger partial charge in [0.05, 0.1) is 6.54 Å². The molecule has 0 radical (unpaired) electrons. The number of rotatable bonds is 7. The van der Waals surface area contributed by atoms with Crippen LogP contribution < -0.4 is 10.0 Å². The Hall–Kier alpha value is -0.370. The van der Waals surface area contributed by atoms with Crippen molar-refractivity contribution in [2.24, 2.45) is 5.92 Å². The van der Waals surface area contributed by atoms with E-state index in [1.807, 2.05) is 6.92 Å². The van der Waals surface area contributed by atoms with Gasteiger partial charge in [-0.2, -0.15) is 0 Å². The number of hydrogen-bond donors (Lipinski definition) is 2. The summed E-state index contributed by atoms with van der Waals surface area (Å²) >= 11 is 3.17. The highest BCUT2D eigenvalue weighted by atomic mass is 79.9. The molecule has 0 aromatic carbocycles. The van der Waals surface area contributed by atoms with E-state index in [0.717, 1.165) is 19.4 Å². The molecule has 19 heavy (non-hydrogen) atoms. The summed E-state index contributed by atoms with van der Waals surface area (Å²) < 4.78 is 32.8. The topological polar surface area (TPSA) is 71.3 Å². The van der Waals surface area contributed by atoms with Crippen molar-refractivity contribution < 1.29 is 12.8 Å². The van der Waals surface area contributed by atoms with Crippen LogP contribution in [0.15, 0.2) is 20.0 Å². The maximum absolute atomic E-state index is 12.2. The van der Waals surface area contributed by atoms with E-state index >= 15 is 0 Å². The first-order valence-electron chi connectivity index (χ1n) is 6.49. The third kappa shape index (κ3) is 3.59. The Morgan fingerprint density at radius 2 is 2.21 bits per heavy atom. The molecule has 5 nitrogen and oxygen atoms in total. The summed E-state index contributed by atoms with van der Waals surface area (Å²) in [5.74, 6) is 1.08. The molecule has 2 N–H and O–H groups in total. The van der Waals surface area contributed by atoms with Gasteiger partial charge in [-0.1, -0.05) is 20.3 Å². The molecule has 2 rings (SSSR count). The van der Waals surface area contributed by atoms with E-state index in [2.05, 4.69) is 32.9 Å². The molecule has 0 bridgehead atoms. The van der Waals surface area contributed by atoms with Crippen LogP contribution in [0.1, 0.15) is 32.4 Å². The summed E-state index contributed by atoms with van der Waals surface area (Å²) in [7, 11) is -3.49. The van der Waals surface area contributed by atoms with Crippen molar-refractivity contribution in [3.63, 3.8) is 0 Å². The first-order valence-corrected chi connectivity index (χ1v) is 8.76. The highest BCUT2D eigenvalue weighted by Gasteiger charge is 2.39. The van der Waals surface area contributed by atoms with Gasteiger partial charge in [0.25, 0.3) is 0 Å². The lowest BCUT2D eigenvalue weighted by Crippen LogP contribution is -2.27. The van der Waals surface area contributed by atoms with E-state index in [0.29, 0.717) is 18.2 Å². The zero-order valence-corrected chi connectivity index (χ0v) is 13.5. The van der Waals surface area contributed by atoms with Crippen LogP contribution in [0.2, 0.25) is 0 Å². The third-order valence-electron chi connectivity index (χ3n) is 3.30. The van der Waals surface area contributed by atoms with Gasteiger partial charge in [0, 0.05) is 12.1 Å². The highest BCUT2D eigenvalue weighted by Crippen LogP contribution is 2.35. The SMILES string of the molecule is CCNCc1cc(S(=O)(=O)NC2CC2CC)c(Br)o1. The maximum Gasteiger partial charge on any atom is 0.245 e. The lowest BCUT2D eigenvalue weighted by molar-refractivity contribution is 0.464. The fourth-order valence-corrected chi connectivity index (χ4v) is 4.34. The van der Waals surface area contributed by atoms with Gasteiger partial charge in [0.15, 0.2) is 4.67 Å². The number of halogens is 1. The fraction of sp³-hybridized carbons (Fsp3) is 0.667. The Kier molecular flexibility index (Phi) is 4.70. The van der Waals surface area contributed by atoms with Crippen molar-refractivity contribution in [2.45, 2.75) is 44.2 Å². The summed E-state index contributed by atoms with van der Waals surface area (Å²) in [6, 6.07) is 1.65. The van der Waals surface area contributed by atoms with Crippen LogP contribution >= 0.6 is 15.9 Å². The molecule has 0 aliphatic heterocycles. The molecule has 2 atom stereocenters. The van der Waals surface area contributed by atoms with Crippen molar-refractivity contribution in [2.75, 3.05) is 6.54 Å². The van der Waals surface area contributed by atoms with E-state index in [9.17, 15) is 8.42 Å². The maximum atomic E-state index is 12.2. The molecular formula is C12H19BrN2O3S. The minimum Gasteiger partial charge on any atom is -0.452 e. The minimum absolute atomic E-state index is 0.0778. The third-order valence-corrected chi connectivity index (χ3v) is 5.65. The first kappa shape index (κ1) is 15.0. The van der Waals surface area contributed by atoms with Crippen LogP contribution in [0.25, 0.3) is 0 Å². The quantitative estimate of drug-likeness (QED) is 0.790. The highest BCUT2D eigenvalue weighted by molar-refractivity contribution is 9.10. The second kappa shape index (κ2) is 5.95. The Morgan fingerprint density at radius 3 is 2.79 bits per heavy atom. The number of hydrogen-bond acceptors (Lipinski definition) is 4. The van der Waals surface area contributed by atoms with Crippen molar-refractivity contribution in [3.8, 4) is 0 Å². The smallest absolute Gasteiger partial charge is 0.245 e. The van der Waals surface area contributed by atoms with Gasteiger partial charge >= 0.3 is 0 Å². The molecular weight excluding hydrogens is 332 g/mol. The molecule has 2 unspecified atom stereocenters. The van der Waals surface area contributed by atoms with E-state index in [4.69, 9.17) is 4.42 Å². The van der Waals surface area contributed by atoms with Crippen LogP contribution in [0.4, 0.5) is 0 Å².